The van der Waals surface area contributed by atoms with E-state index in [-0.39, 0.29) is 11.9 Å². The van der Waals surface area contributed by atoms with E-state index >= 15 is 0 Å². The first kappa shape index (κ1) is 18.5. The van der Waals surface area contributed by atoms with Crippen molar-refractivity contribution in [2.45, 2.75) is 18.9 Å². The van der Waals surface area contributed by atoms with Crippen molar-refractivity contribution >= 4 is 27.9 Å². The molecule has 0 spiro atoms. The third-order valence-electron chi connectivity index (χ3n) is 4.62. The molecular weight excluding hydrogens is 394 g/mol. The number of rotatable bonds is 5. The molecule has 4 nitrogen and oxygen atoms in total. The molecule has 1 atom stereocenters. The molecule has 0 N–H and O–H groups in total. The van der Waals surface area contributed by atoms with Crippen LogP contribution in [0.1, 0.15) is 30.0 Å². The van der Waals surface area contributed by atoms with Crippen molar-refractivity contribution in [3.8, 4) is 11.5 Å². The molecule has 1 heterocycles. The Hall–Kier alpha value is -2.27. The van der Waals surface area contributed by atoms with E-state index in [0.29, 0.717) is 0 Å². The Labute approximate surface area is 162 Å². The van der Waals surface area contributed by atoms with Crippen LogP contribution in [0.25, 0.3) is 6.08 Å². The Morgan fingerprint density at radius 2 is 1.92 bits per heavy atom. The van der Waals surface area contributed by atoms with Crippen LogP contribution in [0.2, 0.25) is 0 Å². The second-order valence-electron chi connectivity index (χ2n) is 6.18. The maximum absolute atomic E-state index is 12.8. The van der Waals surface area contributed by atoms with E-state index in [2.05, 4.69) is 15.9 Å². The van der Waals surface area contributed by atoms with Crippen LogP contribution >= 0.6 is 15.9 Å². The maximum atomic E-state index is 12.8. The molecule has 0 aromatic heterocycles. The molecule has 0 saturated carbocycles. The lowest BCUT2D eigenvalue weighted by Crippen LogP contribution is -2.29. The highest BCUT2D eigenvalue weighted by molar-refractivity contribution is 9.10. The number of amides is 1. The van der Waals surface area contributed by atoms with Gasteiger partial charge in [-0.25, -0.2) is 0 Å². The molecule has 0 aliphatic carbocycles. The molecule has 1 unspecified atom stereocenters. The number of ether oxygens (including phenoxy) is 2. The number of carbonyl (C=O) groups is 1. The average molecular weight is 416 g/mol. The quantitative estimate of drug-likeness (QED) is 0.655. The number of nitrogens with zero attached hydrogens (tertiary/aromatic N) is 1. The number of methoxy groups -OCH3 is 2. The fourth-order valence-corrected chi connectivity index (χ4v) is 3.56. The zero-order valence-electron chi connectivity index (χ0n) is 14.9. The number of halogens is 1. The number of likely N-dealkylation sites (tertiary alicyclic amines) is 1. The van der Waals surface area contributed by atoms with Gasteiger partial charge in [-0.05, 0) is 54.8 Å². The highest BCUT2D eigenvalue weighted by Gasteiger charge is 2.31. The Balaban J connectivity index is 1.81. The molecule has 2 aromatic carbocycles. The summed E-state index contributed by atoms with van der Waals surface area (Å²) in [6, 6.07) is 13.6. The van der Waals surface area contributed by atoms with E-state index in [1.807, 2.05) is 53.4 Å². The number of carbonyl (C=O) groups excluding carboxylic acids is 1. The summed E-state index contributed by atoms with van der Waals surface area (Å²) < 4.78 is 11.9. The fraction of sp³-hybridized carbons (Fsp3) is 0.286. The predicted molar refractivity (Wildman–Crippen MR) is 106 cm³/mol. The molecule has 2 aromatic rings. The molecular formula is C21H22BrNO3. The lowest BCUT2D eigenvalue weighted by Gasteiger charge is -2.25. The van der Waals surface area contributed by atoms with Crippen LogP contribution in [-0.2, 0) is 4.79 Å². The van der Waals surface area contributed by atoms with Crippen molar-refractivity contribution in [3.05, 3.63) is 64.1 Å². The van der Waals surface area contributed by atoms with Crippen molar-refractivity contribution in [2.24, 2.45) is 0 Å². The predicted octanol–water partition coefficient (Wildman–Crippen LogP) is 4.84. The summed E-state index contributed by atoms with van der Waals surface area (Å²) in [6.45, 7) is 0.745. The van der Waals surface area contributed by atoms with Crippen LogP contribution in [0.3, 0.4) is 0 Å². The molecule has 1 aliphatic rings. The van der Waals surface area contributed by atoms with E-state index in [1.54, 1.807) is 20.3 Å². The first-order valence-electron chi connectivity index (χ1n) is 8.58. The third kappa shape index (κ3) is 4.10. The lowest BCUT2D eigenvalue weighted by atomic mass is 10.0. The molecule has 136 valence electrons. The molecule has 1 aliphatic heterocycles. The smallest absolute Gasteiger partial charge is 0.247 e. The largest absolute Gasteiger partial charge is 0.497 e. The van der Waals surface area contributed by atoms with Gasteiger partial charge in [-0.3, -0.25) is 4.79 Å². The van der Waals surface area contributed by atoms with E-state index in [0.717, 1.165) is 46.5 Å². The molecule has 5 heteroatoms. The SMILES string of the molecule is COc1ccc(OC)c(C2CCCN2C(=O)C=Cc2ccc(Br)cc2)c1. The molecule has 26 heavy (non-hydrogen) atoms. The van der Waals surface area contributed by atoms with Crippen LogP contribution in [0, 0.1) is 0 Å². The molecule has 3 rings (SSSR count). The van der Waals surface area contributed by atoms with Gasteiger partial charge in [0.2, 0.25) is 5.91 Å². The van der Waals surface area contributed by atoms with E-state index in [9.17, 15) is 4.79 Å². The molecule has 0 bridgehead atoms. The Bertz CT molecular complexity index is 801. The minimum atomic E-state index is 0.00196. The fourth-order valence-electron chi connectivity index (χ4n) is 3.29. The Morgan fingerprint density at radius 1 is 1.15 bits per heavy atom. The number of hydrogen-bond acceptors (Lipinski definition) is 3. The second kappa shape index (κ2) is 8.41. The van der Waals surface area contributed by atoms with Crippen molar-refractivity contribution < 1.29 is 14.3 Å². The molecule has 0 radical (unpaired) electrons. The Kier molecular flexibility index (Phi) is 5.99. The zero-order valence-corrected chi connectivity index (χ0v) is 16.5. The highest BCUT2D eigenvalue weighted by Crippen LogP contribution is 2.39. The van der Waals surface area contributed by atoms with Crippen molar-refractivity contribution in [3.63, 3.8) is 0 Å². The van der Waals surface area contributed by atoms with Gasteiger partial charge in [0, 0.05) is 22.7 Å². The number of hydrogen-bond donors (Lipinski definition) is 0. The third-order valence-corrected chi connectivity index (χ3v) is 5.15. The van der Waals surface area contributed by atoms with Crippen LogP contribution in [0.4, 0.5) is 0 Å². The summed E-state index contributed by atoms with van der Waals surface area (Å²) in [4.78, 5) is 14.7. The van der Waals surface area contributed by atoms with E-state index in [4.69, 9.17) is 9.47 Å². The highest BCUT2D eigenvalue weighted by atomic mass is 79.9. The average Bonchev–Trinajstić information content (AvgIpc) is 3.16. The number of benzene rings is 2. The van der Waals surface area contributed by atoms with Crippen LogP contribution in [-0.4, -0.2) is 31.6 Å². The zero-order chi connectivity index (χ0) is 18.5. The maximum Gasteiger partial charge on any atom is 0.247 e. The van der Waals surface area contributed by atoms with Crippen molar-refractivity contribution in [1.29, 1.82) is 0 Å². The first-order valence-corrected chi connectivity index (χ1v) is 9.38. The lowest BCUT2D eigenvalue weighted by molar-refractivity contribution is -0.126. The van der Waals surface area contributed by atoms with Gasteiger partial charge in [0.1, 0.15) is 11.5 Å². The van der Waals surface area contributed by atoms with Gasteiger partial charge in [0.25, 0.3) is 0 Å². The standard InChI is InChI=1S/C21H22BrNO3/c1-25-17-10-11-20(26-2)18(14-17)19-4-3-13-23(19)21(24)12-7-15-5-8-16(22)9-6-15/h5-12,14,19H,3-4,13H2,1-2H3. The minimum absolute atomic E-state index is 0.00196. The summed E-state index contributed by atoms with van der Waals surface area (Å²) in [5.74, 6) is 1.57. The van der Waals surface area contributed by atoms with Gasteiger partial charge in [0.15, 0.2) is 0 Å². The van der Waals surface area contributed by atoms with Crippen LogP contribution in [0.15, 0.2) is 53.0 Å². The minimum Gasteiger partial charge on any atom is -0.497 e. The van der Waals surface area contributed by atoms with Crippen LogP contribution < -0.4 is 9.47 Å². The van der Waals surface area contributed by atoms with E-state index in [1.165, 1.54) is 0 Å². The summed E-state index contributed by atoms with van der Waals surface area (Å²) in [6.07, 6.45) is 5.39. The summed E-state index contributed by atoms with van der Waals surface area (Å²) in [7, 11) is 3.30. The van der Waals surface area contributed by atoms with Gasteiger partial charge in [0.05, 0.1) is 20.3 Å². The summed E-state index contributed by atoms with van der Waals surface area (Å²) in [5, 5.41) is 0. The van der Waals surface area contributed by atoms with E-state index < -0.39 is 0 Å². The molecule has 1 fully saturated rings. The second-order valence-corrected chi connectivity index (χ2v) is 7.10. The molecule has 1 saturated heterocycles. The van der Waals surface area contributed by atoms with Crippen molar-refractivity contribution in [1.82, 2.24) is 4.90 Å². The van der Waals surface area contributed by atoms with Gasteiger partial charge in [-0.2, -0.15) is 0 Å². The van der Waals surface area contributed by atoms with Gasteiger partial charge in [-0.1, -0.05) is 28.1 Å². The first-order chi connectivity index (χ1) is 12.6. The summed E-state index contributed by atoms with van der Waals surface area (Å²) in [5.41, 5.74) is 1.99. The summed E-state index contributed by atoms with van der Waals surface area (Å²) >= 11 is 3.42. The van der Waals surface area contributed by atoms with Gasteiger partial charge < -0.3 is 14.4 Å². The molecule has 1 amide bonds. The van der Waals surface area contributed by atoms with Crippen molar-refractivity contribution in [2.75, 3.05) is 20.8 Å². The topological polar surface area (TPSA) is 38.8 Å². The monoisotopic (exact) mass is 415 g/mol. The van der Waals surface area contributed by atoms with Crippen LogP contribution in [0.5, 0.6) is 11.5 Å². The normalized spacial score (nSPS) is 16.9. The van der Waals surface area contributed by atoms with Gasteiger partial charge in [-0.15, -0.1) is 0 Å². The Morgan fingerprint density at radius 3 is 2.62 bits per heavy atom. The van der Waals surface area contributed by atoms with Gasteiger partial charge >= 0.3 is 0 Å².